The highest BCUT2D eigenvalue weighted by atomic mass is 35.5. The maximum atomic E-state index is 11.0. The third kappa shape index (κ3) is 2.31. The molecule has 1 aromatic carbocycles. The van der Waals surface area contributed by atoms with Gasteiger partial charge in [0, 0.05) is 5.56 Å². The van der Waals surface area contributed by atoms with E-state index in [1.807, 2.05) is 6.92 Å². The number of carboxylic acid groups (broad SMARTS) is 1. The number of aromatic carboxylic acids is 1. The number of aromatic amines is 1. The van der Waals surface area contributed by atoms with Gasteiger partial charge in [-0.05, 0) is 24.1 Å². The number of carboxylic acids is 1. The lowest BCUT2D eigenvalue weighted by Crippen LogP contribution is -2.16. The van der Waals surface area contributed by atoms with Crippen molar-refractivity contribution in [3.05, 3.63) is 28.4 Å². The molecule has 2 heterocycles. The van der Waals surface area contributed by atoms with E-state index >= 15 is 0 Å². The first-order valence-electron chi connectivity index (χ1n) is 6.51. The molecule has 0 radical (unpaired) electrons. The molecule has 21 heavy (non-hydrogen) atoms. The Morgan fingerprint density at radius 3 is 2.86 bits per heavy atom. The molecule has 0 fully saturated rings. The van der Waals surface area contributed by atoms with Gasteiger partial charge in [0.25, 0.3) is 0 Å². The SMILES string of the molecule is CCc1c(-c2cc(C(=O)O)[nH]n2)cc2c(c1Cl)OCCO2. The Morgan fingerprint density at radius 2 is 2.19 bits per heavy atom. The van der Waals surface area contributed by atoms with Crippen LogP contribution < -0.4 is 9.47 Å². The van der Waals surface area contributed by atoms with E-state index in [1.54, 1.807) is 6.07 Å². The Morgan fingerprint density at radius 1 is 1.43 bits per heavy atom. The molecular formula is C14H13ClN2O4. The minimum Gasteiger partial charge on any atom is -0.486 e. The van der Waals surface area contributed by atoms with Gasteiger partial charge in [0.05, 0.1) is 10.7 Å². The average molecular weight is 309 g/mol. The Kier molecular flexibility index (Phi) is 3.47. The molecular weight excluding hydrogens is 296 g/mol. The minimum atomic E-state index is -1.06. The number of halogens is 1. The van der Waals surface area contributed by atoms with E-state index in [4.69, 9.17) is 26.2 Å². The van der Waals surface area contributed by atoms with Crippen molar-refractivity contribution in [2.24, 2.45) is 0 Å². The normalized spacial score (nSPS) is 13.2. The predicted octanol–water partition coefficient (Wildman–Crippen LogP) is 2.76. The second kappa shape index (κ2) is 5.29. The number of benzene rings is 1. The van der Waals surface area contributed by atoms with E-state index in [0.717, 1.165) is 11.1 Å². The van der Waals surface area contributed by atoms with Gasteiger partial charge in [-0.15, -0.1) is 0 Å². The second-order valence-electron chi connectivity index (χ2n) is 4.57. The van der Waals surface area contributed by atoms with Crippen molar-refractivity contribution in [1.29, 1.82) is 0 Å². The smallest absolute Gasteiger partial charge is 0.353 e. The highest BCUT2D eigenvalue weighted by Crippen LogP contribution is 2.44. The summed E-state index contributed by atoms with van der Waals surface area (Å²) in [5, 5.41) is 16.0. The average Bonchev–Trinajstić information content (AvgIpc) is 2.97. The van der Waals surface area contributed by atoms with Gasteiger partial charge in [0.15, 0.2) is 11.5 Å². The quantitative estimate of drug-likeness (QED) is 0.910. The molecule has 2 aromatic rings. The molecule has 0 amide bonds. The van der Waals surface area contributed by atoms with Crippen molar-refractivity contribution < 1.29 is 19.4 Å². The van der Waals surface area contributed by atoms with E-state index in [0.29, 0.717) is 41.9 Å². The summed E-state index contributed by atoms with van der Waals surface area (Å²) in [6, 6.07) is 3.27. The van der Waals surface area contributed by atoms with Crippen LogP contribution in [0.5, 0.6) is 11.5 Å². The highest BCUT2D eigenvalue weighted by Gasteiger charge is 2.23. The fourth-order valence-corrected chi connectivity index (χ4v) is 2.71. The summed E-state index contributed by atoms with van der Waals surface area (Å²) < 4.78 is 11.1. The molecule has 1 aromatic heterocycles. The van der Waals surface area contributed by atoms with Gasteiger partial charge in [0.1, 0.15) is 18.9 Å². The molecule has 7 heteroatoms. The minimum absolute atomic E-state index is 0.0260. The molecule has 1 aliphatic rings. The summed E-state index contributed by atoms with van der Waals surface area (Å²) in [7, 11) is 0. The summed E-state index contributed by atoms with van der Waals surface area (Å²) >= 11 is 6.39. The van der Waals surface area contributed by atoms with Crippen LogP contribution >= 0.6 is 11.6 Å². The molecule has 0 saturated heterocycles. The summed E-state index contributed by atoms with van der Waals surface area (Å²) in [4.78, 5) is 11.0. The largest absolute Gasteiger partial charge is 0.486 e. The third-order valence-corrected chi connectivity index (χ3v) is 3.71. The van der Waals surface area contributed by atoms with Gasteiger partial charge in [0.2, 0.25) is 0 Å². The van der Waals surface area contributed by atoms with Crippen LogP contribution in [-0.4, -0.2) is 34.5 Å². The zero-order chi connectivity index (χ0) is 15.0. The lowest BCUT2D eigenvalue weighted by atomic mass is 10.0. The molecule has 0 unspecified atom stereocenters. The van der Waals surface area contributed by atoms with Crippen molar-refractivity contribution in [3.63, 3.8) is 0 Å². The van der Waals surface area contributed by atoms with Gasteiger partial charge in [-0.3, -0.25) is 5.10 Å². The number of nitrogens with one attached hydrogen (secondary N) is 1. The van der Waals surface area contributed by atoms with Crippen LogP contribution in [0.2, 0.25) is 5.02 Å². The number of rotatable bonds is 3. The van der Waals surface area contributed by atoms with Gasteiger partial charge in [-0.25, -0.2) is 4.79 Å². The van der Waals surface area contributed by atoms with Gasteiger partial charge >= 0.3 is 5.97 Å². The van der Waals surface area contributed by atoms with Gasteiger partial charge < -0.3 is 14.6 Å². The molecule has 0 saturated carbocycles. The lowest BCUT2D eigenvalue weighted by Gasteiger charge is -2.22. The number of H-pyrrole nitrogens is 1. The summed E-state index contributed by atoms with van der Waals surface area (Å²) in [6.07, 6.45) is 0.667. The Labute approximate surface area is 125 Å². The number of nitrogens with zero attached hydrogens (tertiary/aromatic N) is 1. The molecule has 1 aliphatic heterocycles. The van der Waals surface area contributed by atoms with Crippen LogP contribution in [-0.2, 0) is 6.42 Å². The second-order valence-corrected chi connectivity index (χ2v) is 4.94. The highest BCUT2D eigenvalue weighted by molar-refractivity contribution is 6.33. The number of hydrogen-bond acceptors (Lipinski definition) is 4. The third-order valence-electron chi connectivity index (χ3n) is 3.31. The van der Waals surface area contributed by atoms with Crippen LogP contribution in [0.4, 0.5) is 0 Å². The predicted molar refractivity (Wildman–Crippen MR) is 76.4 cm³/mol. The van der Waals surface area contributed by atoms with E-state index in [-0.39, 0.29) is 5.69 Å². The first kappa shape index (κ1) is 13.8. The molecule has 2 N–H and O–H groups in total. The van der Waals surface area contributed by atoms with Crippen molar-refractivity contribution in [1.82, 2.24) is 10.2 Å². The first-order chi connectivity index (χ1) is 10.1. The van der Waals surface area contributed by atoms with Crippen LogP contribution in [0.25, 0.3) is 11.3 Å². The number of ether oxygens (including phenoxy) is 2. The Balaban J connectivity index is 2.16. The standard InChI is InChI=1S/C14H13ClN2O4/c1-2-7-8(9-6-10(14(18)19)17-16-9)5-11-13(12(7)15)21-4-3-20-11/h5-6H,2-4H2,1H3,(H,16,17)(H,18,19). The van der Waals surface area contributed by atoms with Gasteiger partial charge in [-0.2, -0.15) is 5.10 Å². The maximum absolute atomic E-state index is 11.0. The molecule has 0 bridgehead atoms. The summed E-state index contributed by atoms with van der Waals surface area (Å²) in [5.74, 6) is 0.0336. The van der Waals surface area contributed by atoms with Crippen LogP contribution in [0.3, 0.4) is 0 Å². The molecule has 0 spiro atoms. The summed E-state index contributed by atoms with van der Waals surface area (Å²) in [5.41, 5.74) is 2.14. The van der Waals surface area contributed by atoms with E-state index in [1.165, 1.54) is 6.07 Å². The van der Waals surface area contributed by atoms with E-state index in [2.05, 4.69) is 10.2 Å². The number of hydrogen-bond donors (Lipinski definition) is 2. The van der Waals surface area contributed by atoms with Crippen LogP contribution in [0.1, 0.15) is 23.0 Å². The summed E-state index contributed by atoms with van der Waals surface area (Å²) in [6.45, 7) is 2.88. The lowest BCUT2D eigenvalue weighted by molar-refractivity contribution is 0.0690. The van der Waals surface area contributed by atoms with E-state index in [9.17, 15) is 4.79 Å². The topological polar surface area (TPSA) is 84.4 Å². The maximum Gasteiger partial charge on any atom is 0.353 e. The van der Waals surface area contributed by atoms with Crippen molar-refractivity contribution in [2.45, 2.75) is 13.3 Å². The molecule has 6 nitrogen and oxygen atoms in total. The van der Waals surface area contributed by atoms with Crippen LogP contribution in [0.15, 0.2) is 12.1 Å². The monoisotopic (exact) mass is 308 g/mol. The zero-order valence-electron chi connectivity index (χ0n) is 11.3. The number of fused-ring (bicyclic) bond motifs is 1. The van der Waals surface area contributed by atoms with Crippen molar-refractivity contribution >= 4 is 17.6 Å². The number of aromatic nitrogens is 2. The Hall–Kier alpha value is -2.21. The number of carbonyl (C=O) groups is 1. The molecule has 110 valence electrons. The first-order valence-corrected chi connectivity index (χ1v) is 6.89. The van der Waals surface area contributed by atoms with Gasteiger partial charge in [-0.1, -0.05) is 18.5 Å². The van der Waals surface area contributed by atoms with Crippen LogP contribution in [0, 0.1) is 0 Å². The fraction of sp³-hybridized carbons (Fsp3) is 0.286. The molecule has 0 atom stereocenters. The van der Waals surface area contributed by atoms with E-state index < -0.39 is 5.97 Å². The molecule has 0 aliphatic carbocycles. The fourth-order valence-electron chi connectivity index (χ4n) is 2.33. The zero-order valence-corrected chi connectivity index (χ0v) is 12.0. The molecule has 3 rings (SSSR count). The van der Waals surface area contributed by atoms with Crippen molar-refractivity contribution in [3.8, 4) is 22.8 Å². The van der Waals surface area contributed by atoms with Crippen molar-refractivity contribution in [2.75, 3.05) is 13.2 Å². The Bertz CT molecular complexity index is 711.